The Morgan fingerprint density at radius 3 is 2.48 bits per heavy atom. The summed E-state index contributed by atoms with van der Waals surface area (Å²) in [5.41, 5.74) is 5.37. The Hall–Kier alpha value is -2.66. The van der Waals surface area contributed by atoms with Crippen LogP contribution in [0.4, 0.5) is 5.69 Å². The number of nitrogens with one attached hydrogen (secondary N) is 2. The van der Waals surface area contributed by atoms with E-state index in [0.717, 1.165) is 17.7 Å². The van der Waals surface area contributed by atoms with E-state index in [9.17, 15) is 9.59 Å². The molecule has 2 rings (SSSR count). The molecule has 0 atom stereocenters. The third-order valence-corrected chi connectivity index (χ3v) is 4.28. The van der Waals surface area contributed by atoms with Crippen LogP contribution in [-0.4, -0.2) is 37.4 Å². The number of nitrogens with zero attached hydrogens (tertiary/aromatic N) is 1. The average molecular weight is 367 g/mol. The normalized spacial score (nSPS) is 10.7. The molecule has 5 nitrogen and oxygen atoms in total. The van der Waals surface area contributed by atoms with Crippen molar-refractivity contribution in [3.05, 3.63) is 64.7 Å². The number of hydrogen-bond donors (Lipinski definition) is 2. The lowest BCUT2D eigenvalue weighted by Crippen LogP contribution is -2.27. The molecule has 0 heterocycles. The fourth-order valence-electron chi connectivity index (χ4n) is 2.91. The number of benzene rings is 2. The molecule has 0 aliphatic rings. The van der Waals surface area contributed by atoms with Crippen LogP contribution in [-0.2, 0) is 22.6 Å². The summed E-state index contributed by atoms with van der Waals surface area (Å²) in [5.74, 6) is -0.0355. The van der Waals surface area contributed by atoms with Crippen molar-refractivity contribution in [3.63, 3.8) is 0 Å². The first kappa shape index (κ1) is 20.6. The maximum absolute atomic E-state index is 12.2. The smallest absolute Gasteiger partial charge is 0.238 e. The van der Waals surface area contributed by atoms with Gasteiger partial charge < -0.3 is 15.5 Å². The zero-order valence-corrected chi connectivity index (χ0v) is 16.6. The van der Waals surface area contributed by atoms with Crippen LogP contribution < -0.4 is 10.6 Å². The molecular formula is C22H29N3O2. The summed E-state index contributed by atoms with van der Waals surface area (Å²) in [7, 11) is 3.70. The number of carbonyl (C=O) groups excluding carboxylic acids is 2. The van der Waals surface area contributed by atoms with Gasteiger partial charge in [0, 0.05) is 18.7 Å². The van der Waals surface area contributed by atoms with Crippen molar-refractivity contribution in [1.29, 1.82) is 0 Å². The van der Waals surface area contributed by atoms with E-state index in [0.29, 0.717) is 19.5 Å². The van der Waals surface area contributed by atoms with Gasteiger partial charge >= 0.3 is 0 Å². The molecule has 0 unspecified atom stereocenters. The molecule has 0 bridgehead atoms. The minimum atomic E-state index is -0.0605. The van der Waals surface area contributed by atoms with Crippen LogP contribution in [0.25, 0.3) is 0 Å². The van der Waals surface area contributed by atoms with Crippen molar-refractivity contribution >= 4 is 17.5 Å². The van der Waals surface area contributed by atoms with Crippen molar-refractivity contribution < 1.29 is 9.59 Å². The predicted octanol–water partition coefficient (Wildman–Crippen LogP) is 3.05. The van der Waals surface area contributed by atoms with Crippen molar-refractivity contribution in [2.75, 3.05) is 26.0 Å². The van der Waals surface area contributed by atoms with E-state index in [1.165, 1.54) is 16.7 Å². The molecule has 144 valence electrons. The molecule has 5 heteroatoms. The third-order valence-electron chi connectivity index (χ3n) is 4.28. The minimum absolute atomic E-state index is 0.0250. The number of aryl methyl sites for hydroxylation is 3. The third kappa shape index (κ3) is 7.23. The zero-order chi connectivity index (χ0) is 19.8. The van der Waals surface area contributed by atoms with Gasteiger partial charge in [-0.15, -0.1) is 0 Å². The van der Waals surface area contributed by atoms with Crippen LogP contribution in [0.15, 0.2) is 42.5 Å². The first-order valence-electron chi connectivity index (χ1n) is 9.20. The molecule has 2 aromatic rings. The van der Waals surface area contributed by atoms with Gasteiger partial charge in [-0.1, -0.05) is 35.9 Å². The maximum atomic E-state index is 12.2. The predicted molar refractivity (Wildman–Crippen MR) is 110 cm³/mol. The summed E-state index contributed by atoms with van der Waals surface area (Å²) in [6.07, 6.45) is 1.20. The molecule has 27 heavy (non-hydrogen) atoms. The fourth-order valence-corrected chi connectivity index (χ4v) is 2.91. The second-order valence-corrected chi connectivity index (χ2v) is 7.19. The van der Waals surface area contributed by atoms with E-state index in [1.807, 2.05) is 43.3 Å². The monoisotopic (exact) mass is 367 g/mol. The van der Waals surface area contributed by atoms with Crippen LogP contribution in [0.1, 0.15) is 28.7 Å². The number of likely N-dealkylation sites (N-methyl/N-ethyl adjacent to an activating group) is 1. The lowest BCUT2D eigenvalue weighted by atomic mass is 10.0. The SMILES string of the molecule is Cc1ccc(CCC(=O)NCc2cccc(NC(=O)CN(C)C)c2)c(C)c1. The molecular weight excluding hydrogens is 338 g/mol. The first-order valence-corrected chi connectivity index (χ1v) is 9.20. The Morgan fingerprint density at radius 1 is 1.00 bits per heavy atom. The fraction of sp³-hybridized carbons (Fsp3) is 0.364. The quantitative estimate of drug-likeness (QED) is 0.754. The maximum Gasteiger partial charge on any atom is 0.238 e. The van der Waals surface area contributed by atoms with E-state index >= 15 is 0 Å². The Kier molecular flexibility index (Phi) is 7.55. The number of hydrogen-bond acceptors (Lipinski definition) is 3. The van der Waals surface area contributed by atoms with Crippen molar-refractivity contribution in [1.82, 2.24) is 10.2 Å². The second kappa shape index (κ2) is 9.88. The molecule has 0 aliphatic heterocycles. The van der Waals surface area contributed by atoms with Gasteiger partial charge in [-0.2, -0.15) is 0 Å². The molecule has 2 amide bonds. The first-order chi connectivity index (χ1) is 12.8. The molecule has 2 aromatic carbocycles. The van der Waals surface area contributed by atoms with Gasteiger partial charge in [0.2, 0.25) is 11.8 Å². The molecule has 0 saturated carbocycles. The Bertz CT molecular complexity index is 800. The minimum Gasteiger partial charge on any atom is -0.352 e. The topological polar surface area (TPSA) is 61.4 Å². The van der Waals surface area contributed by atoms with Crippen LogP contribution >= 0.6 is 0 Å². The highest BCUT2D eigenvalue weighted by molar-refractivity contribution is 5.92. The van der Waals surface area contributed by atoms with Gasteiger partial charge in [0.1, 0.15) is 0 Å². The van der Waals surface area contributed by atoms with E-state index in [-0.39, 0.29) is 11.8 Å². The highest BCUT2D eigenvalue weighted by Crippen LogP contribution is 2.13. The van der Waals surface area contributed by atoms with Gasteiger partial charge in [0.15, 0.2) is 0 Å². The zero-order valence-electron chi connectivity index (χ0n) is 16.6. The van der Waals surface area contributed by atoms with Gasteiger partial charge in [-0.3, -0.25) is 9.59 Å². The largest absolute Gasteiger partial charge is 0.352 e. The van der Waals surface area contributed by atoms with Crippen molar-refractivity contribution in [3.8, 4) is 0 Å². The van der Waals surface area contributed by atoms with Gasteiger partial charge in [-0.05, 0) is 63.2 Å². The molecule has 0 saturated heterocycles. The lowest BCUT2D eigenvalue weighted by Gasteiger charge is -2.11. The van der Waals surface area contributed by atoms with E-state index in [1.54, 1.807) is 0 Å². The summed E-state index contributed by atoms with van der Waals surface area (Å²) in [4.78, 5) is 25.8. The summed E-state index contributed by atoms with van der Waals surface area (Å²) < 4.78 is 0. The molecule has 0 aliphatic carbocycles. The van der Waals surface area contributed by atoms with E-state index in [2.05, 4.69) is 42.7 Å². The van der Waals surface area contributed by atoms with Crippen LogP contribution in [0.5, 0.6) is 0 Å². The van der Waals surface area contributed by atoms with E-state index < -0.39 is 0 Å². The highest BCUT2D eigenvalue weighted by Gasteiger charge is 2.07. The van der Waals surface area contributed by atoms with Crippen LogP contribution in [0, 0.1) is 13.8 Å². The lowest BCUT2D eigenvalue weighted by molar-refractivity contribution is -0.121. The Labute approximate surface area is 161 Å². The molecule has 0 spiro atoms. The summed E-state index contributed by atoms with van der Waals surface area (Å²) in [6, 6.07) is 13.9. The molecule has 2 N–H and O–H groups in total. The van der Waals surface area contributed by atoms with Crippen molar-refractivity contribution in [2.24, 2.45) is 0 Å². The molecule has 0 aromatic heterocycles. The number of rotatable bonds is 8. The summed E-state index contributed by atoms with van der Waals surface area (Å²) in [5, 5.41) is 5.82. The van der Waals surface area contributed by atoms with Gasteiger partial charge in [-0.25, -0.2) is 0 Å². The Morgan fingerprint density at radius 2 is 1.78 bits per heavy atom. The second-order valence-electron chi connectivity index (χ2n) is 7.19. The number of carbonyl (C=O) groups is 2. The Balaban J connectivity index is 1.82. The number of amides is 2. The average Bonchev–Trinajstić information content (AvgIpc) is 2.58. The van der Waals surface area contributed by atoms with Gasteiger partial charge in [0.05, 0.1) is 6.54 Å². The van der Waals surface area contributed by atoms with Gasteiger partial charge in [0.25, 0.3) is 0 Å². The van der Waals surface area contributed by atoms with Crippen molar-refractivity contribution in [2.45, 2.75) is 33.2 Å². The molecule has 0 fully saturated rings. The standard InChI is InChI=1S/C22H29N3O2/c1-16-8-9-19(17(2)12-16)10-11-21(26)23-14-18-6-5-7-20(13-18)24-22(27)15-25(3)4/h5-9,12-13H,10-11,14-15H2,1-4H3,(H,23,26)(H,24,27). The summed E-state index contributed by atoms with van der Waals surface area (Å²) in [6.45, 7) is 4.93. The van der Waals surface area contributed by atoms with Crippen LogP contribution in [0.2, 0.25) is 0 Å². The highest BCUT2D eigenvalue weighted by atomic mass is 16.2. The molecule has 0 radical (unpaired) electrons. The van der Waals surface area contributed by atoms with Crippen LogP contribution in [0.3, 0.4) is 0 Å². The summed E-state index contributed by atoms with van der Waals surface area (Å²) >= 11 is 0. The number of anilines is 1. The van der Waals surface area contributed by atoms with E-state index in [4.69, 9.17) is 0 Å².